The summed E-state index contributed by atoms with van der Waals surface area (Å²) in [5.74, 6) is -1.35. The van der Waals surface area contributed by atoms with Gasteiger partial charge in [0.1, 0.15) is 0 Å². The van der Waals surface area contributed by atoms with Gasteiger partial charge in [0, 0.05) is 38.6 Å². The Morgan fingerprint density at radius 3 is 2.29 bits per heavy atom. The van der Waals surface area contributed by atoms with Gasteiger partial charge in [-0.05, 0) is 0 Å². The molecule has 12 heteroatoms. The summed E-state index contributed by atoms with van der Waals surface area (Å²) in [6, 6.07) is 0. The average Bonchev–Trinajstić information content (AvgIpc) is 3.05. The first-order chi connectivity index (χ1) is 11.3. The van der Waals surface area contributed by atoms with Crippen LogP contribution in [0.1, 0.15) is 5.89 Å². The molecule has 1 amide bonds. The molecule has 1 fully saturated rings. The smallest absolute Gasteiger partial charge is 0.465 e. The van der Waals surface area contributed by atoms with Crippen molar-refractivity contribution in [3.05, 3.63) is 18.3 Å². The van der Waals surface area contributed by atoms with E-state index in [1.807, 2.05) is 0 Å². The number of nitrogens with zero attached hydrogens (tertiary/aromatic N) is 6. The normalized spacial score (nSPS) is 15.6. The monoisotopic (exact) mass is 344 g/mol. The molecule has 0 unspecified atom stereocenters. The molecular weight excluding hydrogens is 333 g/mol. The van der Waals surface area contributed by atoms with Crippen LogP contribution in [-0.2, 0) is 6.18 Å². The predicted molar refractivity (Wildman–Crippen MR) is 72.1 cm³/mol. The number of carbonyl (C=O) groups is 1. The highest BCUT2D eigenvalue weighted by Gasteiger charge is 2.38. The highest BCUT2D eigenvalue weighted by Crippen LogP contribution is 2.29. The Hall–Kier alpha value is -2.92. The third-order valence-corrected chi connectivity index (χ3v) is 3.40. The zero-order chi connectivity index (χ0) is 17.3. The average molecular weight is 344 g/mol. The van der Waals surface area contributed by atoms with E-state index < -0.39 is 18.2 Å². The van der Waals surface area contributed by atoms with Gasteiger partial charge in [0.2, 0.25) is 11.8 Å². The van der Waals surface area contributed by atoms with Crippen LogP contribution >= 0.6 is 0 Å². The number of piperazine rings is 1. The van der Waals surface area contributed by atoms with Crippen molar-refractivity contribution in [1.82, 2.24) is 25.0 Å². The van der Waals surface area contributed by atoms with Crippen LogP contribution in [0.3, 0.4) is 0 Å². The number of aromatic nitrogens is 4. The molecule has 0 atom stereocenters. The summed E-state index contributed by atoms with van der Waals surface area (Å²) >= 11 is 0. The maximum Gasteiger partial charge on any atom is 0.471 e. The minimum Gasteiger partial charge on any atom is -0.465 e. The molecule has 1 N–H and O–H groups in total. The maximum atomic E-state index is 12.4. The van der Waals surface area contributed by atoms with Gasteiger partial charge in [-0.15, -0.1) is 0 Å². The Kier molecular flexibility index (Phi) is 3.95. The molecule has 1 aliphatic rings. The third kappa shape index (κ3) is 3.21. The fourth-order valence-electron chi connectivity index (χ4n) is 2.15. The Labute approximate surface area is 132 Å². The molecule has 2 aromatic heterocycles. The fraction of sp³-hybridized carbons (Fsp3) is 0.417. The van der Waals surface area contributed by atoms with Crippen LogP contribution in [0.2, 0.25) is 0 Å². The number of hydrogen-bond donors (Lipinski definition) is 1. The molecule has 1 aliphatic heterocycles. The van der Waals surface area contributed by atoms with E-state index in [1.165, 1.54) is 17.3 Å². The van der Waals surface area contributed by atoms with Gasteiger partial charge < -0.3 is 19.4 Å². The van der Waals surface area contributed by atoms with E-state index in [0.717, 1.165) is 0 Å². The lowest BCUT2D eigenvalue weighted by molar-refractivity contribution is -0.159. The SMILES string of the molecule is O=C(O)N1CCN(c2ncc(-c3noc(C(F)(F)F)n3)cn2)CC1. The van der Waals surface area contributed by atoms with Gasteiger partial charge in [-0.3, -0.25) is 0 Å². The van der Waals surface area contributed by atoms with E-state index in [2.05, 4.69) is 24.6 Å². The molecule has 2 aromatic rings. The van der Waals surface area contributed by atoms with Crippen LogP contribution in [-0.4, -0.2) is 62.4 Å². The lowest BCUT2D eigenvalue weighted by Gasteiger charge is -2.32. The van der Waals surface area contributed by atoms with Crippen LogP contribution in [0.25, 0.3) is 11.4 Å². The molecule has 1 saturated heterocycles. The van der Waals surface area contributed by atoms with E-state index in [4.69, 9.17) is 5.11 Å². The van der Waals surface area contributed by atoms with Gasteiger partial charge in [-0.2, -0.15) is 18.2 Å². The first-order valence-electron chi connectivity index (χ1n) is 6.81. The second-order valence-corrected chi connectivity index (χ2v) is 4.95. The number of alkyl halides is 3. The van der Waals surface area contributed by atoms with Crippen molar-refractivity contribution in [3.63, 3.8) is 0 Å². The topological polar surface area (TPSA) is 108 Å². The van der Waals surface area contributed by atoms with Crippen LogP contribution in [0.5, 0.6) is 0 Å². The van der Waals surface area contributed by atoms with Crippen molar-refractivity contribution in [2.45, 2.75) is 6.18 Å². The second kappa shape index (κ2) is 5.94. The van der Waals surface area contributed by atoms with Crippen molar-refractivity contribution >= 4 is 12.0 Å². The molecule has 0 spiro atoms. The minimum atomic E-state index is -4.71. The first kappa shape index (κ1) is 16.0. The van der Waals surface area contributed by atoms with Gasteiger partial charge >= 0.3 is 18.2 Å². The van der Waals surface area contributed by atoms with E-state index in [0.29, 0.717) is 32.1 Å². The zero-order valence-electron chi connectivity index (χ0n) is 12.1. The lowest BCUT2D eigenvalue weighted by atomic mass is 10.3. The molecule has 0 saturated carbocycles. The molecule has 9 nitrogen and oxygen atoms in total. The minimum absolute atomic E-state index is 0.183. The van der Waals surface area contributed by atoms with E-state index in [-0.39, 0.29) is 11.4 Å². The highest BCUT2D eigenvalue weighted by atomic mass is 19.4. The standard InChI is InChI=1S/C12H11F3N6O3/c13-12(14,15)9-18-8(19-24-9)7-5-16-10(17-6-7)20-1-3-21(4-2-20)11(22)23/h5-6H,1-4H2,(H,22,23). The molecule has 3 rings (SSSR count). The summed E-state index contributed by atoms with van der Waals surface area (Å²) < 4.78 is 41.4. The quantitative estimate of drug-likeness (QED) is 0.869. The van der Waals surface area contributed by atoms with Crippen molar-refractivity contribution < 1.29 is 27.6 Å². The van der Waals surface area contributed by atoms with Gasteiger partial charge in [0.15, 0.2) is 0 Å². The number of carboxylic acid groups (broad SMARTS) is 1. The maximum absolute atomic E-state index is 12.4. The summed E-state index contributed by atoms with van der Waals surface area (Å²) in [6.07, 6.45) is -3.12. The highest BCUT2D eigenvalue weighted by molar-refractivity contribution is 5.65. The van der Waals surface area contributed by atoms with Gasteiger partial charge in [-0.1, -0.05) is 5.16 Å². The summed E-state index contributed by atoms with van der Waals surface area (Å²) in [5.41, 5.74) is 0.183. The molecule has 3 heterocycles. The molecule has 128 valence electrons. The van der Waals surface area contributed by atoms with Gasteiger partial charge in [-0.25, -0.2) is 14.8 Å². The third-order valence-electron chi connectivity index (χ3n) is 3.40. The number of hydrogen-bond acceptors (Lipinski definition) is 7. The van der Waals surface area contributed by atoms with Crippen LogP contribution < -0.4 is 4.90 Å². The predicted octanol–water partition coefficient (Wildman–Crippen LogP) is 1.35. The number of anilines is 1. The summed E-state index contributed by atoms with van der Waals surface area (Å²) in [4.78, 5) is 25.3. The Balaban J connectivity index is 1.70. The zero-order valence-corrected chi connectivity index (χ0v) is 12.1. The summed E-state index contributed by atoms with van der Waals surface area (Å²) in [7, 11) is 0. The van der Waals surface area contributed by atoms with Gasteiger partial charge in [0.05, 0.1) is 5.56 Å². The van der Waals surface area contributed by atoms with Crippen LogP contribution in [0.4, 0.5) is 23.9 Å². The number of halogens is 3. The van der Waals surface area contributed by atoms with Crippen LogP contribution in [0.15, 0.2) is 16.9 Å². The molecule has 0 aromatic carbocycles. The first-order valence-corrected chi connectivity index (χ1v) is 6.81. The van der Waals surface area contributed by atoms with Crippen LogP contribution in [0, 0.1) is 0 Å². The van der Waals surface area contributed by atoms with Crippen molar-refractivity contribution in [1.29, 1.82) is 0 Å². The Bertz CT molecular complexity index is 724. The molecule has 0 radical (unpaired) electrons. The van der Waals surface area contributed by atoms with Crippen molar-refractivity contribution in [2.75, 3.05) is 31.1 Å². The largest absolute Gasteiger partial charge is 0.471 e. The van der Waals surface area contributed by atoms with E-state index in [1.54, 1.807) is 4.90 Å². The summed E-state index contributed by atoms with van der Waals surface area (Å²) in [5, 5.41) is 12.1. The van der Waals surface area contributed by atoms with Crippen molar-refractivity contribution in [2.24, 2.45) is 0 Å². The molecule has 24 heavy (non-hydrogen) atoms. The number of rotatable bonds is 2. The Morgan fingerprint density at radius 1 is 1.17 bits per heavy atom. The summed E-state index contributed by atoms with van der Waals surface area (Å²) in [6.45, 7) is 1.48. The molecule has 0 bridgehead atoms. The lowest BCUT2D eigenvalue weighted by Crippen LogP contribution is -2.48. The fourth-order valence-corrected chi connectivity index (χ4v) is 2.15. The molecular formula is C12H11F3N6O3. The molecule has 0 aliphatic carbocycles. The van der Waals surface area contributed by atoms with Crippen molar-refractivity contribution in [3.8, 4) is 11.4 Å². The number of amides is 1. The van der Waals surface area contributed by atoms with E-state index in [9.17, 15) is 18.0 Å². The van der Waals surface area contributed by atoms with Gasteiger partial charge in [0.25, 0.3) is 0 Å². The second-order valence-electron chi connectivity index (χ2n) is 4.95. The Morgan fingerprint density at radius 2 is 1.79 bits per heavy atom. The van der Waals surface area contributed by atoms with E-state index >= 15 is 0 Å².